The summed E-state index contributed by atoms with van der Waals surface area (Å²) in [6, 6.07) is 16.3. The maximum Gasteiger partial charge on any atom is 0.129 e. The summed E-state index contributed by atoms with van der Waals surface area (Å²) in [5.74, 6) is -1.06. The Morgan fingerprint density at radius 2 is 0.839 bits per heavy atom. The molecule has 0 heterocycles. The third-order valence-electron chi connectivity index (χ3n) is 4.47. The molecular weight excluding hydrogens is 393 g/mol. The second-order valence-corrected chi connectivity index (χ2v) is 7.76. The van der Waals surface area contributed by atoms with Crippen molar-refractivity contribution in [1.82, 2.24) is 0 Å². The Hall–Kier alpha value is -2.55. The van der Waals surface area contributed by atoms with E-state index in [2.05, 4.69) is 52.0 Å². The van der Waals surface area contributed by atoms with Crippen LogP contribution in [-0.4, -0.2) is 0 Å². The van der Waals surface area contributed by atoms with Crippen LogP contribution in [-0.2, 0) is 0 Å². The molecule has 0 atom stereocenters. The first-order valence-electron chi connectivity index (χ1n) is 10.7. The lowest BCUT2D eigenvalue weighted by molar-refractivity contribution is 0.566. The molecule has 0 N–H and O–H groups in total. The molecule has 3 rings (SSSR count). The van der Waals surface area contributed by atoms with Gasteiger partial charge in [0, 0.05) is 5.56 Å². The van der Waals surface area contributed by atoms with Crippen molar-refractivity contribution in [1.29, 1.82) is 0 Å². The van der Waals surface area contributed by atoms with Crippen LogP contribution >= 0.6 is 0 Å². The van der Waals surface area contributed by atoms with Crippen LogP contribution in [0.3, 0.4) is 0 Å². The normalized spacial score (nSPS) is 9.39. The summed E-state index contributed by atoms with van der Waals surface area (Å²) in [4.78, 5) is 0. The summed E-state index contributed by atoms with van der Waals surface area (Å²) in [6.45, 7) is 15.3. The van der Waals surface area contributed by atoms with Crippen molar-refractivity contribution in [2.24, 2.45) is 0 Å². The minimum absolute atomic E-state index is 0.0885. The highest BCUT2D eigenvalue weighted by atomic mass is 19.1. The molecular formula is C28H37F3. The lowest BCUT2D eigenvalue weighted by Gasteiger charge is -1.98. The quantitative estimate of drug-likeness (QED) is 0.361. The van der Waals surface area contributed by atoms with E-state index >= 15 is 0 Å². The van der Waals surface area contributed by atoms with Gasteiger partial charge in [0.2, 0.25) is 0 Å². The fraction of sp³-hybridized carbons (Fsp3) is 0.357. The third-order valence-corrected chi connectivity index (χ3v) is 4.47. The molecule has 170 valence electrons. The topological polar surface area (TPSA) is 0 Å². The first kappa shape index (κ1) is 28.5. The molecule has 0 aliphatic rings. The van der Waals surface area contributed by atoms with Gasteiger partial charge >= 0.3 is 0 Å². The molecule has 0 aliphatic heterocycles. The van der Waals surface area contributed by atoms with Crippen molar-refractivity contribution in [3.8, 4) is 0 Å². The molecule has 3 heteroatoms. The second-order valence-electron chi connectivity index (χ2n) is 7.76. The van der Waals surface area contributed by atoms with E-state index in [0.717, 1.165) is 5.56 Å². The number of hydrogen-bond acceptors (Lipinski definition) is 0. The number of unbranched alkanes of at least 4 members (excludes halogenated alkanes) is 1. The molecule has 0 spiro atoms. The van der Waals surface area contributed by atoms with Gasteiger partial charge in [0.25, 0.3) is 0 Å². The summed E-state index contributed by atoms with van der Waals surface area (Å²) < 4.78 is 37.8. The maximum absolute atomic E-state index is 12.6. The second kappa shape index (κ2) is 15.3. The van der Waals surface area contributed by atoms with Crippen molar-refractivity contribution in [2.45, 2.75) is 68.2 Å². The van der Waals surface area contributed by atoms with Crippen molar-refractivity contribution >= 4 is 0 Å². The predicted molar refractivity (Wildman–Crippen MR) is 128 cm³/mol. The minimum Gasteiger partial charge on any atom is -0.207 e. The van der Waals surface area contributed by atoms with Crippen LogP contribution in [0.15, 0.2) is 54.6 Å². The van der Waals surface area contributed by atoms with Crippen LogP contribution < -0.4 is 0 Å². The van der Waals surface area contributed by atoms with Gasteiger partial charge in [-0.25, -0.2) is 13.2 Å². The summed E-state index contributed by atoms with van der Waals surface area (Å²) in [5, 5.41) is 0. The van der Waals surface area contributed by atoms with E-state index in [1.165, 1.54) is 49.1 Å². The van der Waals surface area contributed by atoms with Crippen LogP contribution in [0.25, 0.3) is 0 Å². The Morgan fingerprint density at radius 3 is 1.16 bits per heavy atom. The zero-order valence-electron chi connectivity index (χ0n) is 20.2. The fourth-order valence-electron chi connectivity index (χ4n) is 2.11. The SMILES string of the molecule is CCCC.Cc1cc(F)c(C)c(F)c1.Cc1ccc(C)c(F)c1.Cc1ccc(C)cc1. The summed E-state index contributed by atoms with van der Waals surface area (Å²) in [7, 11) is 0. The highest BCUT2D eigenvalue weighted by Gasteiger charge is 2.03. The van der Waals surface area contributed by atoms with E-state index in [-0.39, 0.29) is 11.4 Å². The number of rotatable bonds is 1. The summed E-state index contributed by atoms with van der Waals surface area (Å²) in [5.41, 5.74) is 5.04. The molecule has 0 saturated carbocycles. The van der Waals surface area contributed by atoms with E-state index in [0.29, 0.717) is 11.1 Å². The van der Waals surface area contributed by atoms with E-state index in [9.17, 15) is 13.2 Å². The van der Waals surface area contributed by atoms with E-state index in [4.69, 9.17) is 0 Å². The lowest BCUT2D eigenvalue weighted by Crippen LogP contribution is -1.88. The molecule has 3 aromatic rings. The van der Waals surface area contributed by atoms with Gasteiger partial charge in [-0.3, -0.25) is 0 Å². The highest BCUT2D eigenvalue weighted by molar-refractivity contribution is 5.24. The lowest BCUT2D eigenvalue weighted by atomic mass is 10.1. The fourth-order valence-corrected chi connectivity index (χ4v) is 2.11. The van der Waals surface area contributed by atoms with Gasteiger partial charge in [0.05, 0.1) is 0 Å². The predicted octanol–water partition coefficient (Wildman–Crippen LogP) is 9.13. The Kier molecular flexibility index (Phi) is 14.0. The molecule has 0 bridgehead atoms. The van der Waals surface area contributed by atoms with Crippen LogP contribution in [0.4, 0.5) is 13.2 Å². The van der Waals surface area contributed by atoms with Crippen LogP contribution in [0, 0.1) is 59.0 Å². The smallest absolute Gasteiger partial charge is 0.129 e. The molecule has 0 saturated heterocycles. The van der Waals surface area contributed by atoms with Gasteiger partial charge in [-0.15, -0.1) is 0 Å². The zero-order valence-corrected chi connectivity index (χ0v) is 20.2. The summed E-state index contributed by atoms with van der Waals surface area (Å²) in [6.07, 6.45) is 2.64. The average molecular weight is 431 g/mol. The van der Waals surface area contributed by atoms with E-state index < -0.39 is 11.6 Å². The van der Waals surface area contributed by atoms with Gasteiger partial charge in [-0.05, 0) is 76.4 Å². The number of halogens is 3. The molecule has 0 aromatic heterocycles. The van der Waals surface area contributed by atoms with E-state index in [1.807, 2.05) is 13.0 Å². The van der Waals surface area contributed by atoms with Gasteiger partial charge in [0.1, 0.15) is 17.5 Å². The zero-order chi connectivity index (χ0) is 24.0. The monoisotopic (exact) mass is 430 g/mol. The highest BCUT2D eigenvalue weighted by Crippen LogP contribution is 2.12. The molecule has 3 aromatic carbocycles. The van der Waals surface area contributed by atoms with E-state index in [1.54, 1.807) is 19.9 Å². The number of hydrogen-bond donors (Lipinski definition) is 0. The Bertz CT molecular complexity index is 851. The number of aryl methyl sites for hydroxylation is 5. The maximum atomic E-state index is 12.6. The molecule has 31 heavy (non-hydrogen) atoms. The van der Waals surface area contributed by atoms with Crippen molar-refractivity contribution < 1.29 is 13.2 Å². The van der Waals surface area contributed by atoms with Crippen molar-refractivity contribution in [2.75, 3.05) is 0 Å². The molecule has 0 radical (unpaired) electrons. The largest absolute Gasteiger partial charge is 0.207 e. The van der Waals surface area contributed by atoms with Gasteiger partial charge in [-0.2, -0.15) is 0 Å². The Balaban J connectivity index is 0.000000403. The molecule has 0 nitrogen and oxygen atoms in total. The van der Waals surface area contributed by atoms with Crippen LogP contribution in [0.5, 0.6) is 0 Å². The molecule has 0 fully saturated rings. The van der Waals surface area contributed by atoms with Gasteiger partial charge < -0.3 is 0 Å². The van der Waals surface area contributed by atoms with Crippen LogP contribution in [0.2, 0.25) is 0 Å². The van der Waals surface area contributed by atoms with Gasteiger partial charge in [0.15, 0.2) is 0 Å². The molecule has 0 amide bonds. The summed E-state index contributed by atoms with van der Waals surface area (Å²) >= 11 is 0. The number of benzene rings is 3. The van der Waals surface area contributed by atoms with Crippen molar-refractivity contribution in [3.63, 3.8) is 0 Å². The standard InChI is InChI=1S/C8H8F2.C8H9F.C8H10.C4H10/c1-5-3-7(9)6(2)8(10)4-5;1-6-3-4-7(2)8(9)5-6;1-7-3-5-8(2)6-4-7;1-3-4-2/h3-4H,1-2H3;3-5H,1-2H3;3-6H,1-2H3;3-4H2,1-2H3. The van der Waals surface area contributed by atoms with Gasteiger partial charge in [-0.1, -0.05) is 74.2 Å². The van der Waals surface area contributed by atoms with Crippen molar-refractivity contribution in [3.05, 3.63) is 105 Å². The Labute approximate surface area is 187 Å². The minimum atomic E-state index is -0.475. The molecule has 0 unspecified atom stereocenters. The Morgan fingerprint density at radius 1 is 0.484 bits per heavy atom. The average Bonchev–Trinajstić information content (AvgIpc) is 2.72. The third kappa shape index (κ3) is 12.7. The van der Waals surface area contributed by atoms with Crippen LogP contribution in [0.1, 0.15) is 60.1 Å². The first-order chi connectivity index (χ1) is 14.5. The first-order valence-corrected chi connectivity index (χ1v) is 10.7. The molecule has 0 aliphatic carbocycles.